The van der Waals surface area contributed by atoms with Gasteiger partial charge in [-0.1, -0.05) is 18.2 Å². The van der Waals surface area contributed by atoms with Crippen LogP contribution in [-0.4, -0.2) is 62.9 Å². The number of alkyl halides is 1. The van der Waals surface area contributed by atoms with Crippen LogP contribution in [0.3, 0.4) is 0 Å². The van der Waals surface area contributed by atoms with Crippen LogP contribution in [0.15, 0.2) is 42.5 Å². The first-order valence-electron chi connectivity index (χ1n) is 10.6. The van der Waals surface area contributed by atoms with Gasteiger partial charge in [-0.25, -0.2) is 4.39 Å². The molecule has 29 heavy (non-hydrogen) atoms. The third kappa shape index (κ3) is 4.73. The maximum Gasteiger partial charge on any atom is 0.120 e. The van der Waals surface area contributed by atoms with Crippen molar-refractivity contribution in [3.05, 3.63) is 59.2 Å². The van der Waals surface area contributed by atoms with Crippen LogP contribution in [0, 0.1) is 0 Å². The molecule has 0 N–H and O–H groups in total. The van der Waals surface area contributed by atoms with Crippen LogP contribution in [0.2, 0.25) is 0 Å². The molecule has 1 saturated heterocycles. The van der Waals surface area contributed by atoms with Gasteiger partial charge in [0.1, 0.15) is 24.3 Å². The molecule has 0 radical (unpaired) electrons. The smallest absolute Gasteiger partial charge is 0.120 e. The molecule has 0 spiro atoms. The summed E-state index contributed by atoms with van der Waals surface area (Å²) in [7, 11) is 3.87. The molecule has 5 heteroatoms. The molecule has 1 atom stereocenters. The molecule has 1 unspecified atom stereocenters. The number of ether oxygens (including phenoxy) is 2. The number of fused-ring (bicyclic) bond motifs is 1. The van der Waals surface area contributed by atoms with Crippen LogP contribution < -0.4 is 9.47 Å². The highest BCUT2D eigenvalue weighted by atomic mass is 19.1. The predicted molar refractivity (Wildman–Crippen MR) is 114 cm³/mol. The Bertz CT molecular complexity index is 803. The van der Waals surface area contributed by atoms with Gasteiger partial charge in [-0.3, -0.25) is 0 Å². The molecule has 0 bridgehead atoms. The lowest BCUT2D eigenvalue weighted by atomic mass is 9.84. The van der Waals surface area contributed by atoms with E-state index in [0.29, 0.717) is 12.5 Å². The lowest BCUT2D eigenvalue weighted by molar-refractivity contribution is 0.0967. The monoisotopic (exact) mass is 398 g/mol. The van der Waals surface area contributed by atoms with Crippen molar-refractivity contribution in [3.8, 4) is 11.5 Å². The number of likely N-dealkylation sites (N-methyl/N-ethyl adjacent to an activating group) is 1. The Balaban J connectivity index is 1.48. The van der Waals surface area contributed by atoms with Gasteiger partial charge in [0.25, 0.3) is 0 Å². The molecule has 0 amide bonds. The van der Waals surface area contributed by atoms with E-state index < -0.39 is 0 Å². The average molecular weight is 399 g/mol. The standard InChI is InChI=1S/C24H31FN2O2/c1-26-16-19-15-22(29-21-9-12-27(13-10-21)14-11-25)7-8-23(19)24(17-26)18-3-5-20(28-2)6-4-18/h3-8,15,21,24H,9-14,16-17H2,1-2H3. The molecule has 2 aromatic rings. The molecule has 2 aliphatic rings. The molecule has 0 aliphatic carbocycles. The Morgan fingerprint density at radius 2 is 1.76 bits per heavy atom. The van der Waals surface area contributed by atoms with Crippen LogP contribution >= 0.6 is 0 Å². The fourth-order valence-electron chi connectivity index (χ4n) is 4.58. The highest BCUT2D eigenvalue weighted by molar-refractivity contribution is 5.45. The van der Waals surface area contributed by atoms with Crippen molar-refractivity contribution in [2.75, 3.05) is 47.0 Å². The number of piperidine rings is 1. The normalized spacial score (nSPS) is 21.0. The number of hydrogen-bond donors (Lipinski definition) is 0. The van der Waals surface area contributed by atoms with Gasteiger partial charge in [0.05, 0.1) is 7.11 Å². The van der Waals surface area contributed by atoms with Crippen LogP contribution in [0.1, 0.15) is 35.4 Å². The Hall–Kier alpha value is -2.11. The summed E-state index contributed by atoms with van der Waals surface area (Å²) < 4.78 is 24.1. The van der Waals surface area contributed by atoms with Crippen molar-refractivity contribution < 1.29 is 13.9 Å². The van der Waals surface area contributed by atoms with Crippen molar-refractivity contribution in [3.63, 3.8) is 0 Å². The topological polar surface area (TPSA) is 24.9 Å². The summed E-state index contributed by atoms with van der Waals surface area (Å²) in [5, 5.41) is 0. The third-order valence-electron chi connectivity index (χ3n) is 6.18. The zero-order valence-corrected chi connectivity index (χ0v) is 17.4. The molecule has 2 heterocycles. The molecule has 0 saturated carbocycles. The minimum atomic E-state index is -0.265. The van der Waals surface area contributed by atoms with Gasteiger partial charge < -0.3 is 19.3 Å². The maximum absolute atomic E-state index is 12.5. The zero-order valence-electron chi connectivity index (χ0n) is 17.4. The van der Waals surface area contributed by atoms with Crippen LogP contribution in [-0.2, 0) is 6.54 Å². The summed E-state index contributed by atoms with van der Waals surface area (Å²) >= 11 is 0. The summed E-state index contributed by atoms with van der Waals surface area (Å²) in [6.45, 7) is 4.06. The summed E-state index contributed by atoms with van der Waals surface area (Å²) in [6.07, 6.45) is 2.15. The van der Waals surface area contributed by atoms with Crippen molar-refractivity contribution in [1.82, 2.24) is 9.80 Å². The molecule has 2 aliphatic heterocycles. The number of benzene rings is 2. The van der Waals surface area contributed by atoms with Crippen LogP contribution in [0.25, 0.3) is 0 Å². The van der Waals surface area contributed by atoms with Gasteiger partial charge in [-0.15, -0.1) is 0 Å². The van der Waals surface area contributed by atoms with E-state index >= 15 is 0 Å². The second kappa shape index (κ2) is 9.14. The zero-order chi connectivity index (χ0) is 20.2. The Morgan fingerprint density at radius 3 is 2.45 bits per heavy atom. The van der Waals surface area contributed by atoms with Crippen LogP contribution in [0.4, 0.5) is 4.39 Å². The number of halogens is 1. The van der Waals surface area contributed by atoms with E-state index in [1.807, 2.05) is 12.1 Å². The van der Waals surface area contributed by atoms with Crippen LogP contribution in [0.5, 0.6) is 11.5 Å². The largest absolute Gasteiger partial charge is 0.497 e. The molecule has 2 aromatic carbocycles. The molecule has 0 aromatic heterocycles. The molecule has 4 rings (SSSR count). The average Bonchev–Trinajstić information content (AvgIpc) is 2.74. The van der Waals surface area contributed by atoms with E-state index in [0.717, 1.165) is 50.5 Å². The third-order valence-corrected chi connectivity index (χ3v) is 6.18. The molecule has 1 fully saturated rings. The van der Waals surface area contributed by atoms with Crippen molar-refractivity contribution in [2.24, 2.45) is 0 Å². The van der Waals surface area contributed by atoms with Gasteiger partial charge in [-0.05, 0) is 60.8 Å². The first-order chi connectivity index (χ1) is 14.2. The quantitative estimate of drug-likeness (QED) is 0.732. The lowest BCUT2D eigenvalue weighted by Crippen LogP contribution is -2.39. The highest BCUT2D eigenvalue weighted by Gasteiger charge is 2.26. The van der Waals surface area contributed by atoms with Gasteiger partial charge >= 0.3 is 0 Å². The molecule has 4 nitrogen and oxygen atoms in total. The second-order valence-corrected chi connectivity index (χ2v) is 8.23. The van der Waals surface area contributed by atoms with Crippen molar-refractivity contribution >= 4 is 0 Å². The van der Waals surface area contributed by atoms with Gasteiger partial charge in [-0.2, -0.15) is 0 Å². The summed E-state index contributed by atoms with van der Waals surface area (Å²) in [5.41, 5.74) is 4.04. The van der Waals surface area contributed by atoms with Gasteiger partial charge in [0.15, 0.2) is 0 Å². The number of rotatable bonds is 6. The van der Waals surface area contributed by atoms with E-state index in [4.69, 9.17) is 9.47 Å². The number of likely N-dealkylation sites (tertiary alicyclic amines) is 1. The van der Waals surface area contributed by atoms with E-state index in [1.54, 1.807) is 7.11 Å². The lowest BCUT2D eigenvalue weighted by Gasteiger charge is -2.34. The fourth-order valence-corrected chi connectivity index (χ4v) is 4.58. The van der Waals surface area contributed by atoms with E-state index in [9.17, 15) is 4.39 Å². The van der Waals surface area contributed by atoms with Crippen molar-refractivity contribution in [1.29, 1.82) is 0 Å². The number of nitrogens with zero attached hydrogens (tertiary/aromatic N) is 2. The summed E-state index contributed by atoms with van der Waals surface area (Å²) in [4.78, 5) is 4.55. The van der Waals surface area contributed by atoms with E-state index in [2.05, 4.69) is 47.2 Å². The highest BCUT2D eigenvalue weighted by Crippen LogP contribution is 2.36. The second-order valence-electron chi connectivity index (χ2n) is 8.23. The first kappa shape index (κ1) is 20.2. The van der Waals surface area contributed by atoms with E-state index in [1.165, 1.54) is 16.7 Å². The molecule has 156 valence electrons. The summed E-state index contributed by atoms with van der Waals surface area (Å²) in [6, 6.07) is 15.0. The minimum Gasteiger partial charge on any atom is -0.497 e. The van der Waals surface area contributed by atoms with Crippen molar-refractivity contribution in [2.45, 2.75) is 31.4 Å². The SMILES string of the molecule is COc1ccc(C2CN(C)Cc3cc(OC4CCN(CCF)CC4)ccc32)cc1. The first-order valence-corrected chi connectivity index (χ1v) is 10.6. The summed E-state index contributed by atoms with van der Waals surface area (Å²) in [5.74, 6) is 2.20. The van der Waals surface area contributed by atoms with Gasteiger partial charge in [0, 0.05) is 38.6 Å². The van der Waals surface area contributed by atoms with Gasteiger partial charge in [0.2, 0.25) is 0 Å². The number of hydrogen-bond acceptors (Lipinski definition) is 4. The minimum absolute atomic E-state index is 0.225. The molecular weight excluding hydrogens is 367 g/mol. The maximum atomic E-state index is 12.5. The fraction of sp³-hybridized carbons (Fsp3) is 0.500. The Kier molecular flexibility index (Phi) is 6.36. The number of methoxy groups -OCH3 is 1. The molecular formula is C24H31FN2O2. The Labute approximate surface area is 173 Å². The van der Waals surface area contributed by atoms with E-state index in [-0.39, 0.29) is 12.8 Å². The Morgan fingerprint density at radius 1 is 1.03 bits per heavy atom. The predicted octanol–water partition coefficient (Wildman–Crippen LogP) is 4.09.